The fourth-order valence-electron chi connectivity index (χ4n) is 4.33. The third kappa shape index (κ3) is 6.05. The van der Waals surface area contributed by atoms with Gasteiger partial charge in [0.15, 0.2) is 17.3 Å². The minimum atomic E-state index is -0.742. The zero-order chi connectivity index (χ0) is 26.4. The Kier molecular flexibility index (Phi) is 8.66. The summed E-state index contributed by atoms with van der Waals surface area (Å²) in [5, 5.41) is 12.7. The van der Waals surface area contributed by atoms with Crippen LogP contribution in [-0.4, -0.2) is 51.0 Å². The van der Waals surface area contributed by atoms with E-state index >= 15 is 0 Å². The smallest absolute Gasteiger partial charge is 0.290 e. The second-order valence-electron chi connectivity index (χ2n) is 9.29. The third-order valence-corrected chi connectivity index (χ3v) is 7.07. The van der Waals surface area contributed by atoms with E-state index in [1.165, 1.54) is 11.3 Å². The van der Waals surface area contributed by atoms with E-state index in [9.17, 15) is 14.7 Å². The fraction of sp³-hybridized carbons (Fsp3) is 0.393. The van der Waals surface area contributed by atoms with E-state index in [-0.39, 0.29) is 11.4 Å². The summed E-state index contributed by atoms with van der Waals surface area (Å²) in [6.45, 7) is 8.16. The summed E-state index contributed by atoms with van der Waals surface area (Å²) in [4.78, 5) is 32.8. The number of aliphatic hydroxyl groups excluding tert-OH is 1. The molecule has 0 saturated carbocycles. The minimum absolute atomic E-state index is 0.0889. The Morgan fingerprint density at radius 1 is 1.19 bits per heavy atom. The first-order valence-corrected chi connectivity index (χ1v) is 13.5. The fourth-order valence-corrected chi connectivity index (χ4v) is 5.01. The molecule has 1 aliphatic heterocycles. The van der Waals surface area contributed by atoms with Crippen molar-refractivity contribution >= 4 is 23.0 Å². The van der Waals surface area contributed by atoms with E-state index < -0.39 is 17.7 Å². The van der Waals surface area contributed by atoms with Gasteiger partial charge in [0.2, 0.25) is 5.78 Å². The number of ketones is 1. The molecule has 3 aromatic rings. The molecule has 8 nitrogen and oxygen atoms in total. The second-order valence-corrected chi connectivity index (χ2v) is 10.2. The number of benzene rings is 1. The van der Waals surface area contributed by atoms with Crippen molar-refractivity contribution in [2.75, 3.05) is 19.8 Å². The number of thiophene rings is 1. The number of amides is 1. The highest BCUT2D eigenvalue weighted by Gasteiger charge is 2.44. The summed E-state index contributed by atoms with van der Waals surface area (Å²) in [5.74, 6) is 0.268. The molecule has 1 N–H and O–H groups in total. The molecule has 3 heterocycles. The number of ether oxygens (including phenoxy) is 2. The van der Waals surface area contributed by atoms with Gasteiger partial charge >= 0.3 is 0 Å². The molecule has 0 bridgehead atoms. The number of aromatic nitrogens is 2. The van der Waals surface area contributed by atoms with E-state index in [4.69, 9.17) is 9.47 Å². The Balaban J connectivity index is 1.67. The molecule has 0 fully saturated rings. The molecule has 1 atom stereocenters. The van der Waals surface area contributed by atoms with Crippen molar-refractivity contribution < 1.29 is 24.2 Å². The van der Waals surface area contributed by atoms with E-state index in [1.54, 1.807) is 34.9 Å². The first-order valence-electron chi connectivity index (χ1n) is 12.6. The van der Waals surface area contributed by atoms with Crippen LogP contribution in [0, 0.1) is 5.92 Å². The molecule has 1 unspecified atom stereocenters. The number of carbonyl (C=O) groups excluding carboxylic acids is 2. The molecule has 4 rings (SSSR count). The van der Waals surface area contributed by atoms with Gasteiger partial charge in [0.1, 0.15) is 0 Å². The lowest BCUT2D eigenvalue weighted by Crippen LogP contribution is -2.32. The van der Waals surface area contributed by atoms with Crippen molar-refractivity contribution in [1.29, 1.82) is 0 Å². The molecule has 0 saturated heterocycles. The average Bonchev–Trinajstić information content (AvgIpc) is 3.64. The number of aryl methyl sites for hydroxylation is 1. The Bertz CT molecular complexity index is 1230. The molecule has 0 spiro atoms. The van der Waals surface area contributed by atoms with Crippen molar-refractivity contribution in [1.82, 2.24) is 14.5 Å². The molecular formula is C28H33N3O5S. The number of imidazole rings is 1. The lowest BCUT2D eigenvalue weighted by atomic mass is 9.95. The van der Waals surface area contributed by atoms with Crippen LogP contribution in [0.3, 0.4) is 0 Å². The quantitative estimate of drug-likeness (QED) is 0.300. The minimum Gasteiger partial charge on any atom is -0.503 e. The van der Waals surface area contributed by atoms with Crippen LogP contribution in [0.4, 0.5) is 0 Å². The number of Topliss-reactive ketones (excluding diaryl/α,β-unsaturated/α-hetero) is 1. The number of hydrogen-bond donors (Lipinski definition) is 1. The van der Waals surface area contributed by atoms with Crippen LogP contribution in [0.15, 0.2) is 65.8 Å². The lowest BCUT2D eigenvalue weighted by molar-refractivity contribution is -0.129. The monoisotopic (exact) mass is 523 g/mol. The maximum atomic E-state index is 13.5. The predicted molar refractivity (Wildman–Crippen MR) is 142 cm³/mol. The van der Waals surface area contributed by atoms with Gasteiger partial charge in [-0.1, -0.05) is 26.0 Å². The summed E-state index contributed by atoms with van der Waals surface area (Å²) in [5.41, 5.74) is 0.769. The van der Waals surface area contributed by atoms with Crippen molar-refractivity contribution in [2.24, 2.45) is 5.92 Å². The molecular weight excluding hydrogens is 490 g/mol. The number of nitrogens with zero attached hydrogens (tertiary/aromatic N) is 3. The highest BCUT2D eigenvalue weighted by Crippen LogP contribution is 2.42. The second kappa shape index (κ2) is 12.1. The Labute approximate surface area is 221 Å². The van der Waals surface area contributed by atoms with Crippen LogP contribution >= 0.6 is 11.3 Å². The largest absolute Gasteiger partial charge is 0.503 e. The van der Waals surface area contributed by atoms with Gasteiger partial charge in [-0.15, -0.1) is 11.3 Å². The van der Waals surface area contributed by atoms with Gasteiger partial charge < -0.3 is 24.0 Å². The van der Waals surface area contributed by atoms with Crippen LogP contribution in [-0.2, 0) is 11.3 Å². The van der Waals surface area contributed by atoms with Gasteiger partial charge in [0, 0.05) is 25.5 Å². The Morgan fingerprint density at radius 3 is 2.70 bits per heavy atom. The van der Waals surface area contributed by atoms with Crippen LogP contribution in [0.25, 0.3) is 0 Å². The Hall–Kier alpha value is -3.59. The lowest BCUT2D eigenvalue weighted by Gasteiger charge is -2.27. The predicted octanol–water partition coefficient (Wildman–Crippen LogP) is 5.44. The van der Waals surface area contributed by atoms with Crippen LogP contribution in [0.5, 0.6) is 11.5 Å². The maximum absolute atomic E-state index is 13.5. The van der Waals surface area contributed by atoms with Crippen molar-refractivity contribution in [3.8, 4) is 11.5 Å². The molecule has 2 aromatic heterocycles. The number of aliphatic hydroxyl groups is 1. The first kappa shape index (κ1) is 26.5. The van der Waals surface area contributed by atoms with E-state index in [2.05, 4.69) is 18.8 Å². The van der Waals surface area contributed by atoms with Gasteiger partial charge in [-0.3, -0.25) is 9.59 Å². The molecule has 1 amide bonds. The average molecular weight is 524 g/mol. The standard InChI is InChI=1S/C28H33N3O5S/c1-4-35-22-17-20(8-9-21(22)36-15-10-19(2)3)25-24(26(32)23-7-5-16-37-23)27(33)28(34)31(25)13-6-12-30-14-11-29-18-30/h5,7-9,11,14,16-19,25,33H,4,6,10,12-13,15H2,1-3H3. The maximum Gasteiger partial charge on any atom is 0.290 e. The molecule has 0 aliphatic carbocycles. The van der Waals surface area contributed by atoms with Gasteiger partial charge in [-0.25, -0.2) is 4.98 Å². The topological polar surface area (TPSA) is 93.9 Å². The summed E-state index contributed by atoms with van der Waals surface area (Å²) in [7, 11) is 0. The molecule has 37 heavy (non-hydrogen) atoms. The molecule has 1 aliphatic rings. The van der Waals surface area contributed by atoms with E-state index in [0.717, 1.165) is 6.42 Å². The summed E-state index contributed by atoms with van der Waals surface area (Å²) >= 11 is 1.28. The zero-order valence-corrected chi connectivity index (χ0v) is 22.2. The van der Waals surface area contributed by atoms with Crippen LogP contribution in [0.2, 0.25) is 0 Å². The van der Waals surface area contributed by atoms with Gasteiger partial charge in [-0.2, -0.15) is 0 Å². The first-order chi connectivity index (χ1) is 17.9. The normalized spacial score (nSPS) is 15.6. The number of carbonyl (C=O) groups is 2. The van der Waals surface area contributed by atoms with Gasteiger partial charge in [-0.05, 0) is 54.8 Å². The Morgan fingerprint density at radius 2 is 2.03 bits per heavy atom. The molecule has 0 radical (unpaired) electrons. The van der Waals surface area contributed by atoms with E-state index in [0.29, 0.717) is 60.6 Å². The van der Waals surface area contributed by atoms with Crippen LogP contribution < -0.4 is 9.47 Å². The van der Waals surface area contributed by atoms with Crippen molar-refractivity contribution in [2.45, 2.75) is 46.2 Å². The van der Waals surface area contributed by atoms with Gasteiger partial charge in [0.25, 0.3) is 5.91 Å². The van der Waals surface area contributed by atoms with Crippen LogP contribution in [0.1, 0.15) is 54.9 Å². The zero-order valence-electron chi connectivity index (χ0n) is 21.4. The number of hydrogen-bond acceptors (Lipinski definition) is 7. The summed E-state index contributed by atoms with van der Waals surface area (Å²) < 4.78 is 13.8. The SMILES string of the molecule is CCOc1cc(C2C(C(=O)c3cccs3)=C(O)C(=O)N2CCCn2ccnc2)ccc1OCCC(C)C. The van der Waals surface area contributed by atoms with Crippen molar-refractivity contribution in [3.63, 3.8) is 0 Å². The highest BCUT2D eigenvalue weighted by atomic mass is 32.1. The van der Waals surface area contributed by atoms with Gasteiger partial charge in [0.05, 0.1) is 36.0 Å². The highest BCUT2D eigenvalue weighted by molar-refractivity contribution is 7.12. The molecule has 1 aromatic carbocycles. The van der Waals surface area contributed by atoms with E-state index in [1.807, 2.05) is 35.9 Å². The summed E-state index contributed by atoms with van der Waals surface area (Å²) in [6.07, 6.45) is 6.82. The van der Waals surface area contributed by atoms with Crippen molar-refractivity contribution in [3.05, 3.63) is 76.2 Å². The third-order valence-electron chi connectivity index (χ3n) is 6.20. The summed E-state index contributed by atoms with van der Waals surface area (Å²) in [6, 6.07) is 8.21. The number of rotatable bonds is 13. The molecule has 9 heteroatoms. The molecule has 196 valence electrons.